The van der Waals surface area contributed by atoms with Gasteiger partial charge in [-0.15, -0.1) is 0 Å². The molecule has 0 saturated heterocycles. The van der Waals surface area contributed by atoms with E-state index in [9.17, 15) is 0 Å². The van der Waals surface area contributed by atoms with Crippen molar-refractivity contribution in [2.75, 3.05) is 25.6 Å². The number of nitrogens with zero attached hydrogens (tertiary/aromatic N) is 4. The average Bonchev–Trinajstić information content (AvgIpc) is 2.92. The fourth-order valence-corrected chi connectivity index (χ4v) is 1.94. The molecule has 1 N–H and O–H groups in total. The lowest BCUT2D eigenvalue weighted by Crippen LogP contribution is -2.25. The van der Waals surface area contributed by atoms with Gasteiger partial charge in [0.15, 0.2) is 0 Å². The van der Waals surface area contributed by atoms with Crippen LogP contribution in [-0.4, -0.2) is 40.5 Å². The van der Waals surface area contributed by atoms with Gasteiger partial charge < -0.3 is 10.1 Å². The molecule has 0 atom stereocenters. The molecule has 0 aliphatic rings. The highest BCUT2D eigenvalue weighted by molar-refractivity contribution is 5.39. The molecule has 0 fully saturated rings. The molecule has 2 aromatic rings. The Kier molecular flexibility index (Phi) is 4.90. The van der Waals surface area contributed by atoms with Crippen LogP contribution in [0.4, 0.5) is 5.95 Å². The van der Waals surface area contributed by atoms with Crippen molar-refractivity contribution in [3.8, 4) is 5.69 Å². The van der Waals surface area contributed by atoms with Crippen molar-refractivity contribution < 1.29 is 4.74 Å². The molecule has 0 radical (unpaired) electrons. The third-order valence-electron chi connectivity index (χ3n) is 3.46. The van der Waals surface area contributed by atoms with E-state index < -0.39 is 0 Å². The van der Waals surface area contributed by atoms with Gasteiger partial charge in [-0.3, -0.25) is 0 Å². The van der Waals surface area contributed by atoms with E-state index in [0.29, 0.717) is 5.95 Å². The minimum Gasteiger partial charge on any atom is -0.385 e. The zero-order valence-electron chi connectivity index (χ0n) is 13.1. The molecule has 0 spiro atoms. The standard InChI is InChI=1S/C15H23N5O/c1-12-5-7-13(8-6-12)20-14(17-18-19-20)16-11-15(2,3)9-10-21-4/h5-8H,9-11H2,1-4H3,(H,16,17,19). The van der Waals surface area contributed by atoms with E-state index in [4.69, 9.17) is 4.74 Å². The number of tetrazole rings is 1. The molecule has 0 amide bonds. The number of ether oxygens (including phenoxy) is 1. The maximum absolute atomic E-state index is 5.15. The van der Waals surface area contributed by atoms with Gasteiger partial charge in [-0.05, 0) is 41.3 Å². The highest BCUT2D eigenvalue weighted by atomic mass is 16.5. The summed E-state index contributed by atoms with van der Waals surface area (Å²) in [6.45, 7) is 7.97. The summed E-state index contributed by atoms with van der Waals surface area (Å²) >= 11 is 0. The van der Waals surface area contributed by atoms with Gasteiger partial charge in [-0.25, -0.2) is 0 Å². The third kappa shape index (κ3) is 4.26. The zero-order valence-corrected chi connectivity index (χ0v) is 13.1. The summed E-state index contributed by atoms with van der Waals surface area (Å²) in [5.41, 5.74) is 2.27. The SMILES string of the molecule is COCCC(C)(C)CNc1nnnn1-c1ccc(C)cc1. The number of methoxy groups -OCH3 is 1. The molecule has 21 heavy (non-hydrogen) atoms. The Morgan fingerprint density at radius 2 is 1.95 bits per heavy atom. The molecule has 114 valence electrons. The van der Waals surface area contributed by atoms with Gasteiger partial charge in [0, 0.05) is 20.3 Å². The van der Waals surface area contributed by atoms with Crippen molar-refractivity contribution in [1.82, 2.24) is 20.2 Å². The quantitative estimate of drug-likeness (QED) is 0.848. The van der Waals surface area contributed by atoms with Crippen molar-refractivity contribution in [3.63, 3.8) is 0 Å². The van der Waals surface area contributed by atoms with Gasteiger partial charge in [0.25, 0.3) is 0 Å². The predicted molar refractivity (Wildman–Crippen MR) is 82.7 cm³/mol. The Labute approximate surface area is 125 Å². The van der Waals surface area contributed by atoms with Crippen LogP contribution in [0.5, 0.6) is 0 Å². The van der Waals surface area contributed by atoms with E-state index in [1.165, 1.54) is 5.56 Å². The molecule has 0 saturated carbocycles. The number of rotatable bonds is 7. The predicted octanol–water partition coefficient (Wildman–Crippen LogP) is 2.45. The average molecular weight is 289 g/mol. The van der Waals surface area contributed by atoms with Crippen LogP contribution < -0.4 is 5.32 Å². The lowest BCUT2D eigenvalue weighted by atomic mass is 9.90. The van der Waals surface area contributed by atoms with Crippen LogP contribution in [0.3, 0.4) is 0 Å². The second-order valence-electron chi connectivity index (χ2n) is 6.01. The molecule has 1 aromatic heterocycles. The summed E-state index contributed by atoms with van der Waals surface area (Å²) in [7, 11) is 1.72. The highest BCUT2D eigenvalue weighted by Gasteiger charge is 2.19. The molecule has 1 heterocycles. The summed E-state index contributed by atoms with van der Waals surface area (Å²) in [6, 6.07) is 8.10. The molecule has 0 unspecified atom stereocenters. The molecule has 2 rings (SSSR count). The smallest absolute Gasteiger partial charge is 0.247 e. The van der Waals surface area contributed by atoms with Crippen molar-refractivity contribution in [2.45, 2.75) is 27.2 Å². The highest BCUT2D eigenvalue weighted by Crippen LogP contribution is 2.21. The lowest BCUT2D eigenvalue weighted by Gasteiger charge is -2.24. The van der Waals surface area contributed by atoms with Gasteiger partial charge in [0.1, 0.15) is 0 Å². The minimum atomic E-state index is 0.111. The van der Waals surface area contributed by atoms with Crippen molar-refractivity contribution in [2.24, 2.45) is 5.41 Å². The summed E-state index contributed by atoms with van der Waals surface area (Å²) in [4.78, 5) is 0. The first-order chi connectivity index (χ1) is 10.0. The third-order valence-corrected chi connectivity index (χ3v) is 3.46. The first-order valence-electron chi connectivity index (χ1n) is 7.10. The maximum Gasteiger partial charge on any atom is 0.247 e. The van der Waals surface area contributed by atoms with Crippen LogP contribution in [0, 0.1) is 12.3 Å². The van der Waals surface area contributed by atoms with E-state index >= 15 is 0 Å². The lowest BCUT2D eigenvalue weighted by molar-refractivity contribution is 0.157. The van der Waals surface area contributed by atoms with Crippen LogP contribution in [0.25, 0.3) is 5.69 Å². The monoisotopic (exact) mass is 289 g/mol. The number of hydrogen-bond donors (Lipinski definition) is 1. The van der Waals surface area contributed by atoms with E-state index in [1.807, 2.05) is 24.3 Å². The largest absolute Gasteiger partial charge is 0.385 e. The Morgan fingerprint density at radius 1 is 1.24 bits per heavy atom. The first-order valence-corrected chi connectivity index (χ1v) is 7.10. The minimum absolute atomic E-state index is 0.111. The van der Waals surface area contributed by atoms with Crippen molar-refractivity contribution >= 4 is 5.95 Å². The van der Waals surface area contributed by atoms with E-state index in [1.54, 1.807) is 11.8 Å². The Bertz CT molecular complexity index is 562. The number of nitrogens with one attached hydrogen (secondary N) is 1. The summed E-state index contributed by atoms with van der Waals surface area (Å²) in [5.74, 6) is 0.657. The van der Waals surface area contributed by atoms with E-state index in [-0.39, 0.29) is 5.41 Å². The Hall–Kier alpha value is -1.95. The number of anilines is 1. The summed E-state index contributed by atoms with van der Waals surface area (Å²) in [5, 5.41) is 15.2. The van der Waals surface area contributed by atoms with Crippen LogP contribution in [0.1, 0.15) is 25.8 Å². The fourth-order valence-electron chi connectivity index (χ4n) is 1.94. The van der Waals surface area contributed by atoms with Crippen molar-refractivity contribution in [1.29, 1.82) is 0 Å². The van der Waals surface area contributed by atoms with Gasteiger partial charge in [0.05, 0.1) is 5.69 Å². The van der Waals surface area contributed by atoms with Gasteiger partial charge in [-0.1, -0.05) is 36.6 Å². The fraction of sp³-hybridized carbons (Fsp3) is 0.533. The normalized spacial score (nSPS) is 11.6. The number of benzene rings is 1. The number of aromatic nitrogens is 4. The van der Waals surface area contributed by atoms with E-state index in [0.717, 1.165) is 25.3 Å². The molecule has 6 heteroatoms. The van der Waals surface area contributed by atoms with Gasteiger partial charge in [-0.2, -0.15) is 4.68 Å². The Morgan fingerprint density at radius 3 is 2.62 bits per heavy atom. The van der Waals surface area contributed by atoms with Crippen LogP contribution >= 0.6 is 0 Å². The molecule has 0 aliphatic heterocycles. The van der Waals surface area contributed by atoms with Crippen LogP contribution in [0.15, 0.2) is 24.3 Å². The van der Waals surface area contributed by atoms with Crippen LogP contribution in [-0.2, 0) is 4.74 Å². The maximum atomic E-state index is 5.15. The number of hydrogen-bond acceptors (Lipinski definition) is 5. The topological polar surface area (TPSA) is 64.9 Å². The van der Waals surface area contributed by atoms with Crippen molar-refractivity contribution in [3.05, 3.63) is 29.8 Å². The second kappa shape index (κ2) is 6.67. The Balaban J connectivity index is 2.05. The molecular formula is C15H23N5O. The molecule has 1 aromatic carbocycles. The molecule has 0 bridgehead atoms. The summed E-state index contributed by atoms with van der Waals surface area (Å²) < 4.78 is 6.86. The first kappa shape index (κ1) is 15.4. The zero-order chi connectivity index (χ0) is 15.3. The van der Waals surface area contributed by atoms with E-state index in [2.05, 4.69) is 41.6 Å². The summed E-state index contributed by atoms with van der Waals surface area (Å²) in [6.07, 6.45) is 0.975. The van der Waals surface area contributed by atoms with Gasteiger partial charge >= 0.3 is 0 Å². The molecule has 0 aliphatic carbocycles. The molecular weight excluding hydrogens is 266 g/mol. The number of aryl methyl sites for hydroxylation is 1. The van der Waals surface area contributed by atoms with Gasteiger partial charge in [0.2, 0.25) is 5.95 Å². The molecule has 6 nitrogen and oxygen atoms in total. The van der Waals surface area contributed by atoms with Crippen LogP contribution in [0.2, 0.25) is 0 Å². The second-order valence-corrected chi connectivity index (χ2v) is 6.01.